The van der Waals surface area contributed by atoms with E-state index < -0.39 is 0 Å². The molecule has 3 aromatic rings. The molecule has 0 amide bonds. The van der Waals surface area contributed by atoms with Crippen molar-refractivity contribution in [2.45, 2.75) is 25.7 Å². The van der Waals surface area contributed by atoms with Crippen LogP contribution < -0.4 is 9.47 Å². The van der Waals surface area contributed by atoms with Gasteiger partial charge >= 0.3 is 0 Å². The van der Waals surface area contributed by atoms with Gasteiger partial charge in [-0.25, -0.2) is 4.99 Å². The van der Waals surface area contributed by atoms with Gasteiger partial charge in [-0.3, -0.25) is 0 Å². The van der Waals surface area contributed by atoms with Gasteiger partial charge in [0.05, 0.1) is 12.8 Å². The number of hydrogen-bond donors (Lipinski definition) is 0. The number of benzene rings is 3. The van der Waals surface area contributed by atoms with E-state index in [1.165, 1.54) is 11.1 Å². The summed E-state index contributed by atoms with van der Waals surface area (Å²) < 4.78 is 11.3. The lowest BCUT2D eigenvalue weighted by Crippen LogP contribution is -2.04. The molecule has 0 bridgehead atoms. The summed E-state index contributed by atoms with van der Waals surface area (Å²) in [4.78, 5) is 5.83. The molecule has 4 heteroatoms. The molecule has 0 radical (unpaired) electrons. The van der Waals surface area contributed by atoms with Crippen molar-refractivity contribution in [2.75, 3.05) is 7.11 Å². The van der Waals surface area contributed by atoms with E-state index in [2.05, 4.69) is 26.0 Å². The van der Waals surface area contributed by atoms with Crippen molar-refractivity contribution in [3.63, 3.8) is 0 Å². The molecule has 148 valence electrons. The lowest BCUT2D eigenvalue weighted by molar-refractivity contribution is 0.414. The molecule has 0 unspecified atom stereocenters. The number of hydrogen-bond acceptors (Lipinski definition) is 4. The summed E-state index contributed by atoms with van der Waals surface area (Å²) in [6.45, 7) is 6.23. The molecule has 3 nitrogen and oxygen atoms in total. The van der Waals surface area contributed by atoms with Crippen molar-refractivity contribution in [2.24, 2.45) is 4.99 Å². The molecule has 0 aliphatic heterocycles. The van der Waals surface area contributed by atoms with E-state index in [4.69, 9.17) is 14.5 Å². The van der Waals surface area contributed by atoms with E-state index in [0.717, 1.165) is 27.6 Å². The smallest absolute Gasteiger partial charge is 0.220 e. The van der Waals surface area contributed by atoms with Crippen LogP contribution in [0.5, 0.6) is 11.5 Å². The lowest BCUT2D eigenvalue weighted by Gasteiger charge is -2.08. The van der Waals surface area contributed by atoms with Crippen LogP contribution in [0, 0.1) is 20.8 Å². The van der Waals surface area contributed by atoms with Crippen molar-refractivity contribution in [1.82, 2.24) is 0 Å². The average molecular weight is 404 g/mol. The van der Waals surface area contributed by atoms with Crippen LogP contribution in [0.3, 0.4) is 0 Å². The van der Waals surface area contributed by atoms with Gasteiger partial charge in [0.2, 0.25) is 5.90 Å². The van der Waals surface area contributed by atoms with Gasteiger partial charge in [-0.1, -0.05) is 30.0 Å². The van der Waals surface area contributed by atoms with Crippen LogP contribution in [-0.4, -0.2) is 13.0 Å². The van der Waals surface area contributed by atoms with Crippen LogP contribution in [0.1, 0.15) is 16.7 Å². The molecule has 3 aromatic carbocycles. The fraction of sp³-hybridized carbons (Fsp3) is 0.160. The Kier molecular flexibility index (Phi) is 7.14. The van der Waals surface area contributed by atoms with Gasteiger partial charge in [0.1, 0.15) is 11.5 Å². The fourth-order valence-corrected chi connectivity index (χ4v) is 3.28. The van der Waals surface area contributed by atoms with E-state index in [1.807, 2.05) is 73.0 Å². The van der Waals surface area contributed by atoms with Crippen LogP contribution in [0.15, 0.2) is 88.1 Å². The predicted octanol–water partition coefficient (Wildman–Crippen LogP) is 7.04. The first-order chi connectivity index (χ1) is 14.0. The zero-order valence-corrected chi connectivity index (χ0v) is 18.0. The van der Waals surface area contributed by atoms with Crippen molar-refractivity contribution in [3.8, 4) is 11.5 Å². The quantitative estimate of drug-likeness (QED) is 0.251. The van der Waals surface area contributed by atoms with Gasteiger partial charge in [-0.2, -0.15) is 0 Å². The molecule has 29 heavy (non-hydrogen) atoms. The highest BCUT2D eigenvalue weighted by atomic mass is 32.2. The zero-order chi connectivity index (χ0) is 20.6. The number of ether oxygens (including phenoxy) is 2. The minimum absolute atomic E-state index is 0.542. The summed E-state index contributed by atoms with van der Waals surface area (Å²) in [7, 11) is 1.67. The van der Waals surface area contributed by atoms with Crippen LogP contribution >= 0.6 is 11.8 Å². The van der Waals surface area contributed by atoms with E-state index in [-0.39, 0.29) is 0 Å². The highest BCUT2D eigenvalue weighted by molar-refractivity contribution is 8.02. The molecule has 0 saturated carbocycles. The molecule has 0 aliphatic rings. The number of aryl methyl sites for hydroxylation is 3. The average Bonchev–Trinajstić information content (AvgIpc) is 2.71. The number of rotatable bonds is 6. The van der Waals surface area contributed by atoms with Crippen LogP contribution in [-0.2, 0) is 0 Å². The maximum absolute atomic E-state index is 6.07. The van der Waals surface area contributed by atoms with Crippen molar-refractivity contribution in [3.05, 3.63) is 94.9 Å². The Bertz CT molecular complexity index is 1020. The Morgan fingerprint density at radius 1 is 0.862 bits per heavy atom. The Hall–Kier alpha value is -2.98. The third-order valence-electron chi connectivity index (χ3n) is 4.42. The topological polar surface area (TPSA) is 30.8 Å². The first-order valence-corrected chi connectivity index (χ1v) is 10.3. The first-order valence-electron chi connectivity index (χ1n) is 9.41. The molecule has 0 spiro atoms. The predicted molar refractivity (Wildman–Crippen MR) is 123 cm³/mol. The van der Waals surface area contributed by atoms with Crippen LogP contribution in [0.25, 0.3) is 0 Å². The summed E-state index contributed by atoms with van der Waals surface area (Å²) in [6.07, 6.45) is 1.90. The van der Waals surface area contributed by atoms with Gasteiger partial charge < -0.3 is 9.47 Å². The van der Waals surface area contributed by atoms with Crippen molar-refractivity contribution >= 4 is 23.3 Å². The molecule has 0 atom stereocenters. The van der Waals surface area contributed by atoms with Crippen LogP contribution in [0.2, 0.25) is 0 Å². The fourth-order valence-electron chi connectivity index (χ4n) is 2.64. The standard InChI is InChI=1S/C25H25NO2S/c1-18-6-5-7-23(16-18)28-25(26-21-9-8-19(2)20(3)17-21)14-15-29-24-12-10-22(27-4)11-13-24/h5-17H,1-4H3. The van der Waals surface area contributed by atoms with E-state index in [9.17, 15) is 0 Å². The Labute approximate surface area is 177 Å². The summed E-state index contributed by atoms with van der Waals surface area (Å²) >= 11 is 1.60. The molecule has 0 heterocycles. The summed E-state index contributed by atoms with van der Waals surface area (Å²) in [5.74, 6) is 2.16. The first kappa shape index (κ1) is 20.7. The van der Waals surface area contributed by atoms with Gasteiger partial charge in [-0.15, -0.1) is 0 Å². The minimum Gasteiger partial charge on any atom is -0.497 e. The number of nitrogens with zero attached hydrogens (tertiary/aromatic N) is 1. The Morgan fingerprint density at radius 3 is 2.34 bits per heavy atom. The molecule has 0 saturated heterocycles. The van der Waals surface area contributed by atoms with Gasteiger partial charge in [0.25, 0.3) is 0 Å². The van der Waals surface area contributed by atoms with Crippen LogP contribution in [0.4, 0.5) is 5.69 Å². The third-order valence-corrected chi connectivity index (χ3v) is 5.23. The summed E-state index contributed by atoms with van der Waals surface area (Å²) in [6, 6.07) is 22.1. The number of thioether (sulfide) groups is 1. The second-order valence-corrected chi connectivity index (χ2v) is 7.71. The minimum atomic E-state index is 0.542. The van der Waals surface area contributed by atoms with E-state index in [0.29, 0.717) is 5.90 Å². The number of methoxy groups -OCH3 is 1. The van der Waals surface area contributed by atoms with E-state index >= 15 is 0 Å². The highest BCUT2D eigenvalue weighted by Crippen LogP contribution is 2.23. The maximum Gasteiger partial charge on any atom is 0.220 e. The maximum atomic E-state index is 6.07. The van der Waals surface area contributed by atoms with Crippen molar-refractivity contribution in [1.29, 1.82) is 0 Å². The second-order valence-electron chi connectivity index (χ2n) is 6.73. The zero-order valence-electron chi connectivity index (χ0n) is 17.2. The molecular weight excluding hydrogens is 378 g/mol. The molecule has 0 N–H and O–H groups in total. The highest BCUT2D eigenvalue weighted by Gasteiger charge is 2.03. The van der Waals surface area contributed by atoms with E-state index in [1.54, 1.807) is 18.9 Å². The molecule has 3 rings (SSSR count). The molecular formula is C25H25NO2S. The normalized spacial score (nSPS) is 11.7. The Morgan fingerprint density at radius 2 is 1.66 bits per heavy atom. The monoisotopic (exact) mass is 403 g/mol. The van der Waals surface area contributed by atoms with Gasteiger partial charge in [0, 0.05) is 11.0 Å². The largest absolute Gasteiger partial charge is 0.497 e. The number of aliphatic imine (C=N–C) groups is 1. The molecule has 0 fully saturated rings. The lowest BCUT2D eigenvalue weighted by atomic mass is 10.1. The summed E-state index contributed by atoms with van der Waals surface area (Å²) in [5, 5.41) is 1.98. The van der Waals surface area contributed by atoms with Gasteiger partial charge in [0.15, 0.2) is 0 Å². The SMILES string of the molecule is COc1ccc(SC=CC(=Nc2ccc(C)c(C)c2)Oc2cccc(C)c2)cc1. The van der Waals surface area contributed by atoms with Crippen molar-refractivity contribution < 1.29 is 9.47 Å². The third kappa shape index (κ3) is 6.26. The Balaban J connectivity index is 1.82. The molecule has 0 aliphatic carbocycles. The van der Waals surface area contributed by atoms with Gasteiger partial charge in [-0.05, 0) is 91.4 Å². The second kappa shape index (κ2) is 9.99. The molecule has 0 aromatic heterocycles. The summed E-state index contributed by atoms with van der Waals surface area (Å²) in [5.41, 5.74) is 4.47.